The predicted molar refractivity (Wildman–Crippen MR) is 41.3 cm³/mol. The Morgan fingerprint density at radius 1 is 1.46 bits per heavy atom. The number of hydrogen-bond donors (Lipinski definition) is 1. The van der Waals surface area contributed by atoms with E-state index in [4.69, 9.17) is 5.73 Å². The Bertz CT molecular complexity index is 177. The minimum Gasteiger partial charge on any atom is -0.366 e. The van der Waals surface area contributed by atoms with Gasteiger partial charge in [0.2, 0.25) is 0 Å². The van der Waals surface area contributed by atoms with Crippen LogP contribution >= 0.6 is 0 Å². The molecule has 1 aliphatic heterocycles. The van der Waals surface area contributed by atoms with Gasteiger partial charge in [0.1, 0.15) is 0 Å². The molecule has 2 N–H and O–H groups in total. The van der Waals surface area contributed by atoms with Crippen LogP contribution in [0.1, 0.15) is 0 Å². The first-order chi connectivity index (χ1) is 5.95. The number of methoxy groups -OCH3 is 1. The lowest BCUT2D eigenvalue weighted by Gasteiger charge is -2.49. The number of rotatable bonds is 3. The second kappa shape index (κ2) is 3.43. The van der Waals surface area contributed by atoms with Crippen LogP contribution in [-0.4, -0.2) is 50.0 Å². The molecule has 0 atom stereocenters. The second-order valence-electron chi connectivity index (χ2n) is 3.20. The van der Waals surface area contributed by atoms with Crippen molar-refractivity contribution in [2.75, 3.05) is 33.3 Å². The van der Waals surface area contributed by atoms with Crippen LogP contribution in [0.15, 0.2) is 0 Å². The summed E-state index contributed by atoms with van der Waals surface area (Å²) in [5.41, 5.74) is 3.26. The van der Waals surface area contributed by atoms with Gasteiger partial charge in [0.05, 0.1) is 0 Å². The Labute approximate surface area is 74.6 Å². The number of nitrogens with zero attached hydrogens (tertiary/aromatic N) is 1. The fourth-order valence-electron chi connectivity index (χ4n) is 1.44. The van der Waals surface area contributed by atoms with Gasteiger partial charge in [-0.25, -0.2) is 0 Å². The van der Waals surface area contributed by atoms with E-state index in [-0.39, 0.29) is 13.1 Å². The van der Waals surface area contributed by atoms with Crippen LogP contribution < -0.4 is 5.73 Å². The van der Waals surface area contributed by atoms with Gasteiger partial charge in [0, 0.05) is 33.3 Å². The Hall–Kier alpha value is -0.330. The summed E-state index contributed by atoms with van der Waals surface area (Å²) in [5, 5.41) is 0. The summed E-state index contributed by atoms with van der Waals surface area (Å²) in [6, 6.07) is 0. The maximum Gasteiger partial charge on any atom is 0.419 e. The maximum absolute atomic E-state index is 12.4. The van der Waals surface area contributed by atoms with Crippen molar-refractivity contribution in [2.24, 2.45) is 5.73 Å². The zero-order valence-corrected chi connectivity index (χ0v) is 7.40. The lowest BCUT2D eigenvalue weighted by atomic mass is 9.93. The van der Waals surface area contributed by atoms with Crippen LogP contribution in [-0.2, 0) is 4.74 Å². The summed E-state index contributed by atoms with van der Waals surface area (Å²) < 4.78 is 41.7. The minimum absolute atomic E-state index is 0.107. The fourth-order valence-corrected chi connectivity index (χ4v) is 1.44. The quantitative estimate of drug-likeness (QED) is 0.704. The predicted octanol–water partition coefficient (Wildman–Crippen LogP) is 0.208. The van der Waals surface area contributed by atoms with E-state index in [1.165, 1.54) is 0 Å². The molecule has 0 aromatic rings. The van der Waals surface area contributed by atoms with Crippen LogP contribution in [0.4, 0.5) is 13.2 Å². The molecule has 1 heterocycles. The summed E-state index contributed by atoms with van der Waals surface area (Å²) in [6.45, 7) is 0.646. The van der Waals surface area contributed by atoms with Gasteiger partial charge in [0.15, 0.2) is 5.60 Å². The van der Waals surface area contributed by atoms with Crippen molar-refractivity contribution in [3.63, 3.8) is 0 Å². The van der Waals surface area contributed by atoms with E-state index in [0.29, 0.717) is 13.1 Å². The lowest BCUT2D eigenvalue weighted by molar-refractivity contribution is -0.310. The molecule has 0 amide bonds. The van der Waals surface area contributed by atoms with Crippen molar-refractivity contribution in [3.05, 3.63) is 0 Å². The van der Waals surface area contributed by atoms with Gasteiger partial charge in [0.25, 0.3) is 0 Å². The molecule has 0 radical (unpaired) electrons. The monoisotopic (exact) mass is 198 g/mol. The number of ether oxygens (including phenoxy) is 1. The van der Waals surface area contributed by atoms with Crippen LogP contribution in [0, 0.1) is 0 Å². The first-order valence-corrected chi connectivity index (χ1v) is 3.99. The zero-order valence-electron chi connectivity index (χ0n) is 7.40. The molecule has 6 heteroatoms. The van der Waals surface area contributed by atoms with E-state index in [2.05, 4.69) is 4.74 Å². The van der Waals surface area contributed by atoms with Gasteiger partial charge in [-0.3, -0.25) is 4.90 Å². The van der Waals surface area contributed by atoms with E-state index in [1.54, 1.807) is 4.90 Å². The molecule has 1 saturated heterocycles. The van der Waals surface area contributed by atoms with Crippen molar-refractivity contribution in [3.8, 4) is 0 Å². The van der Waals surface area contributed by atoms with Gasteiger partial charge in [-0.15, -0.1) is 0 Å². The topological polar surface area (TPSA) is 38.5 Å². The van der Waals surface area contributed by atoms with E-state index in [0.717, 1.165) is 7.11 Å². The number of halogens is 3. The zero-order chi connectivity index (χ0) is 10.1. The largest absolute Gasteiger partial charge is 0.419 e. The van der Waals surface area contributed by atoms with Gasteiger partial charge in [-0.05, 0) is 0 Å². The third-order valence-corrected chi connectivity index (χ3v) is 2.31. The van der Waals surface area contributed by atoms with Crippen LogP contribution in [0.25, 0.3) is 0 Å². The Morgan fingerprint density at radius 2 is 2.00 bits per heavy atom. The molecule has 78 valence electrons. The summed E-state index contributed by atoms with van der Waals surface area (Å²) in [7, 11) is 1.09. The van der Waals surface area contributed by atoms with E-state index >= 15 is 0 Å². The molecule has 0 aromatic carbocycles. The van der Waals surface area contributed by atoms with Gasteiger partial charge in [-0.2, -0.15) is 13.2 Å². The third kappa shape index (κ3) is 1.79. The molecule has 0 unspecified atom stereocenters. The van der Waals surface area contributed by atoms with Crippen molar-refractivity contribution in [2.45, 2.75) is 11.8 Å². The molecule has 1 aliphatic rings. The average Bonchev–Trinajstić information content (AvgIpc) is 1.93. The maximum atomic E-state index is 12.4. The number of alkyl halides is 3. The highest BCUT2D eigenvalue weighted by molar-refractivity contribution is 5.02. The summed E-state index contributed by atoms with van der Waals surface area (Å²) in [5.74, 6) is 0. The Balaban J connectivity index is 2.50. The Morgan fingerprint density at radius 3 is 2.31 bits per heavy atom. The molecule has 1 fully saturated rings. The molecule has 0 spiro atoms. The SMILES string of the molecule is COC1(C(F)(F)F)CN(CCN)C1. The van der Waals surface area contributed by atoms with E-state index in [1.807, 2.05) is 0 Å². The molecule has 0 bridgehead atoms. The highest BCUT2D eigenvalue weighted by Gasteiger charge is 2.62. The van der Waals surface area contributed by atoms with Crippen molar-refractivity contribution in [1.29, 1.82) is 0 Å². The molecular formula is C7H13F3N2O. The standard InChI is InChI=1S/C7H13F3N2O/c1-13-6(7(8,9)10)4-12(5-6)3-2-11/h2-5,11H2,1H3. The molecular weight excluding hydrogens is 185 g/mol. The number of hydrogen-bond acceptors (Lipinski definition) is 3. The van der Waals surface area contributed by atoms with Crippen molar-refractivity contribution < 1.29 is 17.9 Å². The smallest absolute Gasteiger partial charge is 0.366 e. The third-order valence-electron chi connectivity index (χ3n) is 2.31. The van der Waals surface area contributed by atoms with Crippen molar-refractivity contribution >= 4 is 0 Å². The van der Waals surface area contributed by atoms with E-state index in [9.17, 15) is 13.2 Å². The minimum atomic E-state index is -4.28. The highest BCUT2D eigenvalue weighted by Crippen LogP contribution is 2.39. The molecule has 13 heavy (non-hydrogen) atoms. The van der Waals surface area contributed by atoms with Crippen molar-refractivity contribution in [1.82, 2.24) is 4.90 Å². The van der Waals surface area contributed by atoms with Gasteiger partial charge < -0.3 is 10.5 Å². The van der Waals surface area contributed by atoms with Crippen LogP contribution in [0.5, 0.6) is 0 Å². The van der Waals surface area contributed by atoms with Crippen LogP contribution in [0.2, 0.25) is 0 Å². The molecule has 3 nitrogen and oxygen atoms in total. The average molecular weight is 198 g/mol. The van der Waals surface area contributed by atoms with E-state index < -0.39 is 11.8 Å². The summed E-state index contributed by atoms with van der Waals surface area (Å²) >= 11 is 0. The number of nitrogens with two attached hydrogens (primary N) is 1. The first kappa shape index (κ1) is 10.7. The molecule has 0 aromatic heterocycles. The molecule has 0 aliphatic carbocycles. The van der Waals surface area contributed by atoms with Crippen LogP contribution in [0.3, 0.4) is 0 Å². The lowest BCUT2D eigenvalue weighted by Crippen LogP contribution is -2.70. The highest BCUT2D eigenvalue weighted by atomic mass is 19.4. The van der Waals surface area contributed by atoms with Gasteiger partial charge in [-0.1, -0.05) is 0 Å². The summed E-state index contributed by atoms with van der Waals surface area (Å²) in [4.78, 5) is 1.62. The normalized spacial score (nSPS) is 22.8. The molecule has 1 rings (SSSR count). The first-order valence-electron chi connectivity index (χ1n) is 3.99. The summed E-state index contributed by atoms with van der Waals surface area (Å²) in [6.07, 6.45) is -4.28. The fraction of sp³-hybridized carbons (Fsp3) is 1.00. The second-order valence-corrected chi connectivity index (χ2v) is 3.20. The number of likely N-dealkylation sites (tertiary alicyclic amines) is 1. The van der Waals surface area contributed by atoms with Gasteiger partial charge >= 0.3 is 6.18 Å². The Kier molecular flexibility index (Phi) is 2.84. The molecule has 0 saturated carbocycles.